The standard InChI is InChI=1S/C9H13NO5/c1-5(8(12)13)7(11)6(9(14)15)4-10(2)3/h4-5H,1-3H3,(H,12,13)(H,14,15)/b6-4-. The number of hydrogen-bond acceptors (Lipinski definition) is 4. The third-order valence-corrected chi connectivity index (χ3v) is 1.65. The minimum absolute atomic E-state index is 0.532. The molecule has 84 valence electrons. The number of nitrogens with zero attached hydrogens (tertiary/aromatic N) is 1. The van der Waals surface area contributed by atoms with E-state index in [1.165, 1.54) is 4.90 Å². The molecule has 0 aromatic carbocycles. The van der Waals surface area contributed by atoms with Gasteiger partial charge in [0.1, 0.15) is 11.5 Å². The van der Waals surface area contributed by atoms with Gasteiger partial charge >= 0.3 is 11.9 Å². The van der Waals surface area contributed by atoms with Crippen molar-refractivity contribution in [3.05, 3.63) is 11.8 Å². The molecule has 0 aliphatic rings. The summed E-state index contributed by atoms with van der Waals surface area (Å²) in [6.45, 7) is 1.15. The summed E-state index contributed by atoms with van der Waals surface area (Å²) >= 11 is 0. The number of carbonyl (C=O) groups is 3. The van der Waals surface area contributed by atoms with Gasteiger partial charge < -0.3 is 15.1 Å². The van der Waals surface area contributed by atoms with Crippen molar-refractivity contribution in [2.75, 3.05) is 14.1 Å². The predicted octanol–water partition coefficient (Wildman–Crippen LogP) is -0.194. The molecule has 6 nitrogen and oxygen atoms in total. The van der Waals surface area contributed by atoms with Gasteiger partial charge in [0, 0.05) is 20.3 Å². The summed E-state index contributed by atoms with van der Waals surface area (Å²) < 4.78 is 0. The van der Waals surface area contributed by atoms with Gasteiger partial charge in [-0.25, -0.2) is 4.79 Å². The number of carboxylic acids is 2. The molecule has 0 bridgehead atoms. The topological polar surface area (TPSA) is 94.9 Å². The van der Waals surface area contributed by atoms with Crippen molar-refractivity contribution in [1.29, 1.82) is 0 Å². The number of carbonyl (C=O) groups excluding carboxylic acids is 1. The Balaban J connectivity index is 5.04. The van der Waals surface area contributed by atoms with Gasteiger partial charge in [0.05, 0.1) is 0 Å². The Morgan fingerprint density at radius 1 is 1.20 bits per heavy atom. The van der Waals surface area contributed by atoms with Gasteiger partial charge in [0.25, 0.3) is 0 Å². The van der Waals surface area contributed by atoms with Crippen LogP contribution in [0.2, 0.25) is 0 Å². The molecule has 0 aromatic heterocycles. The third kappa shape index (κ3) is 3.80. The Morgan fingerprint density at radius 2 is 1.67 bits per heavy atom. The largest absolute Gasteiger partial charge is 0.481 e. The van der Waals surface area contributed by atoms with Crippen LogP contribution in [0, 0.1) is 5.92 Å². The van der Waals surface area contributed by atoms with Crippen LogP contribution in [0.4, 0.5) is 0 Å². The first-order chi connectivity index (χ1) is 6.77. The van der Waals surface area contributed by atoms with Crippen LogP contribution in [0.15, 0.2) is 11.8 Å². The minimum Gasteiger partial charge on any atom is -0.481 e. The lowest BCUT2D eigenvalue weighted by molar-refractivity contribution is -0.145. The van der Waals surface area contributed by atoms with Crippen LogP contribution in [0.1, 0.15) is 6.92 Å². The first-order valence-electron chi connectivity index (χ1n) is 4.16. The van der Waals surface area contributed by atoms with Crippen LogP contribution in [0.5, 0.6) is 0 Å². The van der Waals surface area contributed by atoms with E-state index >= 15 is 0 Å². The fourth-order valence-electron chi connectivity index (χ4n) is 0.828. The van der Waals surface area contributed by atoms with Crippen molar-refractivity contribution in [2.24, 2.45) is 5.92 Å². The van der Waals surface area contributed by atoms with Crippen molar-refractivity contribution in [1.82, 2.24) is 4.90 Å². The molecule has 0 radical (unpaired) electrons. The average Bonchev–Trinajstić information content (AvgIpc) is 2.10. The zero-order valence-corrected chi connectivity index (χ0v) is 8.72. The van der Waals surface area contributed by atoms with Gasteiger partial charge in [-0.2, -0.15) is 0 Å². The zero-order valence-electron chi connectivity index (χ0n) is 8.72. The molecule has 0 aromatic rings. The molecule has 1 unspecified atom stereocenters. The van der Waals surface area contributed by atoms with Crippen LogP contribution in [-0.4, -0.2) is 46.9 Å². The molecular formula is C9H13NO5. The van der Waals surface area contributed by atoms with Gasteiger partial charge in [0.2, 0.25) is 0 Å². The molecule has 0 heterocycles. The number of ketones is 1. The molecule has 0 aliphatic heterocycles. The number of Topliss-reactive ketones (excluding diaryl/α,β-unsaturated/α-hetero) is 1. The second-order valence-corrected chi connectivity index (χ2v) is 3.24. The predicted molar refractivity (Wildman–Crippen MR) is 51.2 cm³/mol. The van der Waals surface area contributed by atoms with Crippen LogP contribution < -0.4 is 0 Å². The third-order valence-electron chi connectivity index (χ3n) is 1.65. The van der Waals surface area contributed by atoms with E-state index in [0.29, 0.717) is 0 Å². The Kier molecular flexibility index (Phi) is 4.50. The molecule has 0 amide bonds. The van der Waals surface area contributed by atoms with Gasteiger partial charge in [-0.15, -0.1) is 0 Å². The quantitative estimate of drug-likeness (QED) is 0.375. The van der Waals surface area contributed by atoms with E-state index in [0.717, 1.165) is 13.1 Å². The smallest absolute Gasteiger partial charge is 0.340 e. The van der Waals surface area contributed by atoms with E-state index in [9.17, 15) is 14.4 Å². The van der Waals surface area contributed by atoms with E-state index < -0.39 is 29.2 Å². The summed E-state index contributed by atoms with van der Waals surface area (Å²) in [6.07, 6.45) is 1.09. The molecule has 0 spiro atoms. The second-order valence-electron chi connectivity index (χ2n) is 3.24. The molecule has 0 aliphatic carbocycles. The normalized spacial score (nSPS) is 13.1. The van der Waals surface area contributed by atoms with Crippen molar-refractivity contribution >= 4 is 17.7 Å². The Labute approximate surface area is 86.8 Å². The van der Waals surface area contributed by atoms with E-state index in [4.69, 9.17) is 10.2 Å². The lowest BCUT2D eigenvalue weighted by Gasteiger charge is -2.09. The lowest BCUT2D eigenvalue weighted by atomic mass is 10.0. The Morgan fingerprint density at radius 3 is 1.93 bits per heavy atom. The number of hydrogen-bond donors (Lipinski definition) is 2. The first-order valence-corrected chi connectivity index (χ1v) is 4.16. The van der Waals surface area contributed by atoms with E-state index in [1.807, 2.05) is 0 Å². The highest BCUT2D eigenvalue weighted by molar-refractivity contribution is 6.21. The monoisotopic (exact) mass is 215 g/mol. The van der Waals surface area contributed by atoms with E-state index in [1.54, 1.807) is 14.1 Å². The van der Waals surface area contributed by atoms with Crippen LogP contribution >= 0.6 is 0 Å². The molecule has 6 heteroatoms. The zero-order chi connectivity index (χ0) is 12.2. The molecule has 0 saturated heterocycles. The molecule has 15 heavy (non-hydrogen) atoms. The van der Waals surface area contributed by atoms with Crippen molar-refractivity contribution in [3.63, 3.8) is 0 Å². The second kappa shape index (κ2) is 5.14. The molecule has 0 fully saturated rings. The van der Waals surface area contributed by atoms with Gasteiger partial charge in [-0.05, 0) is 6.92 Å². The fourth-order valence-corrected chi connectivity index (χ4v) is 0.828. The maximum absolute atomic E-state index is 11.4. The molecular weight excluding hydrogens is 202 g/mol. The highest BCUT2D eigenvalue weighted by Crippen LogP contribution is 2.08. The summed E-state index contributed by atoms with van der Waals surface area (Å²) in [7, 11) is 3.09. The van der Waals surface area contributed by atoms with Gasteiger partial charge in [-0.3, -0.25) is 9.59 Å². The highest BCUT2D eigenvalue weighted by Gasteiger charge is 2.28. The number of aliphatic carboxylic acids is 2. The van der Waals surface area contributed by atoms with E-state index in [2.05, 4.69) is 0 Å². The maximum Gasteiger partial charge on any atom is 0.340 e. The van der Waals surface area contributed by atoms with Crippen LogP contribution in [-0.2, 0) is 14.4 Å². The number of carboxylic acid groups (broad SMARTS) is 2. The molecule has 0 saturated carbocycles. The van der Waals surface area contributed by atoms with Crippen molar-refractivity contribution in [2.45, 2.75) is 6.92 Å². The van der Waals surface area contributed by atoms with Crippen molar-refractivity contribution in [3.8, 4) is 0 Å². The molecule has 2 N–H and O–H groups in total. The fraction of sp³-hybridized carbons (Fsp3) is 0.444. The van der Waals surface area contributed by atoms with Crippen LogP contribution in [0.3, 0.4) is 0 Å². The number of rotatable bonds is 5. The summed E-state index contributed by atoms with van der Waals surface area (Å²) in [6, 6.07) is 0. The van der Waals surface area contributed by atoms with Crippen molar-refractivity contribution < 1.29 is 24.6 Å². The molecule has 1 atom stereocenters. The Bertz CT molecular complexity index is 318. The summed E-state index contributed by atoms with van der Waals surface area (Å²) in [4.78, 5) is 34.0. The molecule has 0 rings (SSSR count). The van der Waals surface area contributed by atoms with Gasteiger partial charge in [-0.1, -0.05) is 0 Å². The summed E-state index contributed by atoms with van der Waals surface area (Å²) in [5, 5.41) is 17.3. The highest BCUT2D eigenvalue weighted by atomic mass is 16.4. The Hall–Kier alpha value is -1.85. The maximum atomic E-state index is 11.4. The average molecular weight is 215 g/mol. The summed E-state index contributed by atoms with van der Waals surface area (Å²) in [5.74, 6) is -5.04. The van der Waals surface area contributed by atoms with Crippen LogP contribution in [0.25, 0.3) is 0 Å². The SMILES string of the molecule is CC(C(=O)O)C(=O)/C(=C/N(C)C)C(=O)O. The summed E-state index contributed by atoms with van der Waals surface area (Å²) in [5.41, 5.74) is -0.532. The van der Waals surface area contributed by atoms with Gasteiger partial charge in [0.15, 0.2) is 5.78 Å². The van der Waals surface area contributed by atoms with E-state index in [-0.39, 0.29) is 0 Å². The first kappa shape index (κ1) is 13.2. The lowest BCUT2D eigenvalue weighted by Crippen LogP contribution is -2.26. The minimum atomic E-state index is -1.43.